The first-order valence-corrected chi connectivity index (χ1v) is 10.4. The Balaban J connectivity index is 1.78. The maximum absolute atomic E-state index is 12.5. The zero-order valence-corrected chi connectivity index (χ0v) is 18.3. The largest absolute Gasteiger partial charge is 0.493 e. The van der Waals surface area contributed by atoms with Crippen LogP contribution in [0.1, 0.15) is 49.1 Å². The van der Waals surface area contributed by atoms with Crippen molar-refractivity contribution in [3.05, 3.63) is 52.6 Å². The Morgan fingerprint density at radius 2 is 1.60 bits per heavy atom. The smallest absolute Gasteiger partial charge is 0.336 e. The Labute approximate surface area is 182 Å². The van der Waals surface area contributed by atoms with E-state index in [9.17, 15) is 4.79 Å². The van der Waals surface area contributed by atoms with Gasteiger partial charge in [0.1, 0.15) is 5.75 Å². The van der Waals surface area contributed by atoms with E-state index in [1.165, 1.54) is 25.3 Å². The predicted octanol–water partition coefficient (Wildman–Crippen LogP) is 6.03. The molecule has 2 aromatic carbocycles. The van der Waals surface area contributed by atoms with Gasteiger partial charge in [-0.3, -0.25) is 0 Å². The summed E-state index contributed by atoms with van der Waals surface area (Å²) in [5, 5.41) is 0.656. The van der Waals surface area contributed by atoms with E-state index in [1.807, 2.05) is 6.07 Å². The van der Waals surface area contributed by atoms with Crippen molar-refractivity contribution in [3.8, 4) is 23.0 Å². The maximum atomic E-state index is 12.5. The summed E-state index contributed by atoms with van der Waals surface area (Å²) in [5.74, 6) is 2.02. The van der Waals surface area contributed by atoms with Crippen molar-refractivity contribution in [2.24, 2.45) is 0 Å². The Morgan fingerprint density at radius 1 is 0.933 bits per heavy atom. The van der Waals surface area contributed by atoms with Crippen molar-refractivity contribution in [2.45, 2.75) is 38.0 Å². The first-order chi connectivity index (χ1) is 14.5. The lowest BCUT2D eigenvalue weighted by molar-refractivity contribution is -0.128. The van der Waals surface area contributed by atoms with Crippen LogP contribution < -0.4 is 18.9 Å². The number of hydrogen-bond donors (Lipinski definition) is 0. The third-order valence-corrected chi connectivity index (χ3v) is 5.56. The van der Waals surface area contributed by atoms with Gasteiger partial charge in [0.2, 0.25) is 5.75 Å². The molecule has 5 nitrogen and oxygen atoms in total. The number of ether oxygens (including phenoxy) is 4. The van der Waals surface area contributed by atoms with Gasteiger partial charge in [-0.1, -0.05) is 30.9 Å². The summed E-state index contributed by atoms with van der Waals surface area (Å²) in [7, 11) is 4.64. The topological polar surface area (TPSA) is 54.0 Å². The molecule has 0 aliphatic heterocycles. The second-order valence-corrected chi connectivity index (χ2v) is 7.67. The number of benzene rings is 2. The van der Waals surface area contributed by atoms with E-state index < -0.39 is 5.97 Å². The second-order valence-electron chi connectivity index (χ2n) is 7.23. The molecular weight excluding hydrogens is 404 g/mol. The highest BCUT2D eigenvalue weighted by atomic mass is 35.5. The van der Waals surface area contributed by atoms with Crippen molar-refractivity contribution >= 4 is 23.6 Å². The minimum absolute atomic E-state index is 0.374. The summed E-state index contributed by atoms with van der Waals surface area (Å²) < 4.78 is 21.7. The first kappa shape index (κ1) is 22.0. The van der Waals surface area contributed by atoms with Crippen LogP contribution >= 0.6 is 11.6 Å². The lowest BCUT2D eigenvalue weighted by Gasteiger charge is -2.23. The number of carbonyl (C=O) groups is 1. The summed E-state index contributed by atoms with van der Waals surface area (Å²) in [6.07, 6.45) is 8.85. The summed E-state index contributed by atoms with van der Waals surface area (Å²) in [4.78, 5) is 12.5. The average Bonchev–Trinajstić information content (AvgIpc) is 2.78. The number of esters is 1. The number of hydrogen-bond acceptors (Lipinski definition) is 5. The molecule has 0 spiro atoms. The zero-order valence-electron chi connectivity index (χ0n) is 17.6. The van der Waals surface area contributed by atoms with Gasteiger partial charge in [0.05, 0.1) is 21.3 Å². The van der Waals surface area contributed by atoms with Crippen LogP contribution in [-0.2, 0) is 4.79 Å². The Morgan fingerprint density at radius 3 is 2.20 bits per heavy atom. The van der Waals surface area contributed by atoms with E-state index in [1.54, 1.807) is 51.7 Å². The molecule has 0 atom stereocenters. The van der Waals surface area contributed by atoms with Crippen molar-refractivity contribution in [3.63, 3.8) is 0 Å². The van der Waals surface area contributed by atoms with Crippen LogP contribution in [0.2, 0.25) is 5.02 Å². The molecular formula is C24H27ClO5. The monoisotopic (exact) mass is 430 g/mol. The van der Waals surface area contributed by atoms with Crippen molar-refractivity contribution in [2.75, 3.05) is 21.3 Å². The third kappa shape index (κ3) is 5.28. The van der Waals surface area contributed by atoms with Crippen LogP contribution in [0.5, 0.6) is 23.0 Å². The van der Waals surface area contributed by atoms with Crippen LogP contribution in [0.15, 0.2) is 36.4 Å². The van der Waals surface area contributed by atoms with Gasteiger partial charge in [-0.15, -0.1) is 0 Å². The van der Waals surface area contributed by atoms with Crippen LogP contribution in [0.3, 0.4) is 0 Å². The fourth-order valence-electron chi connectivity index (χ4n) is 3.85. The summed E-state index contributed by atoms with van der Waals surface area (Å²) in [6.45, 7) is 0. The molecule has 160 valence electrons. The van der Waals surface area contributed by atoms with Gasteiger partial charge < -0.3 is 18.9 Å². The summed E-state index contributed by atoms with van der Waals surface area (Å²) in [6, 6.07) is 8.97. The third-order valence-electron chi connectivity index (χ3n) is 5.33. The molecule has 0 amide bonds. The molecule has 3 rings (SSSR count). The van der Waals surface area contributed by atoms with Gasteiger partial charge in [-0.25, -0.2) is 4.79 Å². The SMILES string of the molecule is COc1cc(/C=C/C(=O)Oc2ccc(Cl)cc2C2CCCCC2)cc(OC)c1OC. The first-order valence-electron chi connectivity index (χ1n) is 10.0. The Bertz CT molecular complexity index is 891. The fraction of sp³-hybridized carbons (Fsp3) is 0.375. The standard InChI is InChI=1S/C24H27ClO5/c1-27-21-13-16(14-22(28-2)24(21)29-3)9-12-23(26)30-20-11-10-18(25)15-19(20)17-7-5-4-6-8-17/h9-15,17H,4-8H2,1-3H3/b12-9+. The number of rotatable bonds is 7. The molecule has 1 saturated carbocycles. The molecule has 0 heterocycles. The van der Waals surface area contributed by atoms with E-state index in [2.05, 4.69) is 0 Å². The molecule has 6 heteroatoms. The molecule has 2 aromatic rings. The van der Waals surface area contributed by atoms with Gasteiger partial charge in [-0.2, -0.15) is 0 Å². The van der Waals surface area contributed by atoms with E-state index in [4.69, 9.17) is 30.5 Å². The van der Waals surface area contributed by atoms with Gasteiger partial charge in [-0.05, 0) is 66.3 Å². The van der Waals surface area contributed by atoms with Gasteiger partial charge >= 0.3 is 5.97 Å². The molecule has 0 unspecified atom stereocenters. The van der Waals surface area contributed by atoms with E-state index in [0.717, 1.165) is 24.0 Å². The minimum atomic E-state index is -0.455. The van der Waals surface area contributed by atoms with Gasteiger partial charge in [0.15, 0.2) is 11.5 Å². The molecule has 0 bridgehead atoms. The van der Waals surface area contributed by atoms with E-state index in [-0.39, 0.29) is 0 Å². The zero-order chi connectivity index (χ0) is 21.5. The average molecular weight is 431 g/mol. The molecule has 0 N–H and O–H groups in total. The van der Waals surface area contributed by atoms with E-state index >= 15 is 0 Å². The molecule has 0 aromatic heterocycles. The number of halogens is 1. The van der Waals surface area contributed by atoms with Gasteiger partial charge in [0, 0.05) is 11.1 Å². The summed E-state index contributed by atoms with van der Waals surface area (Å²) in [5.41, 5.74) is 1.74. The molecule has 1 aliphatic rings. The van der Waals surface area contributed by atoms with Crippen LogP contribution in [-0.4, -0.2) is 27.3 Å². The highest BCUT2D eigenvalue weighted by Crippen LogP contribution is 2.40. The quantitative estimate of drug-likeness (QED) is 0.305. The lowest BCUT2D eigenvalue weighted by atomic mass is 9.84. The maximum Gasteiger partial charge on any atom is 0.336 e. The predicted molar refractivity (Wildman–Crippen MR) is 118 cm³/mol. The lowest BCUT2D eigenvalue weighted by Crippen LogP contribution is -2.10. The van der Waals surface area contributed by atoms with Gasteiger partial charge in [0.25, 0.3) is 0 Å². The molecule has 1 fully saturated rings. The van der Waals surface area contributed by atoms with Crippen LogP contribution in [0, 0.1) is 0 Å². The second kappa shape index (κ2) is 10.4. The molecule has 0 radical (unpaired) electrons. The number of methoxy groups -OCH3 is 3. The fourth-order valence-corrected chi connectivity index (χ4v) is 4.03. The van der Waals surface area contributed by atoms with Crippen LogP contribution in [0.4, 0.5) is 0 Å². The van der Waals surface area contributed by atoms with Crippen molar-refractivity contribution in [1.29, 1.82) is 0 Å². The van der Waals surface area contributed by atoms with Crippen molar-refractivity contribution in [1.82, 2.24) is 0 Å². The molecule has 0 saturated heterocycles. The minimum Gasteiger partial charge on any atom is -0.493 e. The summed E-state index contributed by atoms with van der Waals surface area (Å²) >= 11 is 6.21. The van der Waals surface area contributed by atoms with Crippen molar-refractivity contribution < 1.29 is 23.7 Å². The Kier molecular flexibility index (Phi) is 7.63. The molecule has 30 heavy (non-hydrogen) atoms. The highest BCUT2D eigenvalue weighted by Gasteiger charge is 2.21. The van der Waals surface area contributed by atoms with E-state index in [0.29, 0.717) is 33.9 Å². The molecule has 1 aliphatic carbocycles. The highest BCUT2D eigenvalue weighted by molar-refractivity contribution is 6.30. The van der Waals surface area contributed by atoms with Crippen LogP contribution in [0.25, 0.3) is 6.08 Å². The Hall–Kier alpha value is -2.66. The normalized spacial score (nSPS) is 14.5. The number of carbonyl (C=O) groups excluding carboxylic acids is 1.